The summed E-state index contributed by atoms with van der Waals surface area (Å²) in [6.07, 6.45) is 1.40. The average molecular weight is 305 g/mol. The van der Waals surface area contributed by atoms with E-state index in [2.05, 4.69) is 0 Å². The van der Waals surface area contributed by atoms with Crippen molar-refractivity contribution in [1.29, 1.82) is 0 Å². The number of amides is 1. The number of ether oxygens (including phenoxy) is 1. The van der Waals surface area contributed by atoms with Crippen molar-refractivity contribution in [2.45, 2.75) is 59.1 Å². The Morgan fingerprint density at radius 1 is 1.09 bits per heavy atom. The molecule has 0 radical (unpaired) electrons. The smallest absolute Gasteiger partial charge is 0.410 e. The van der Waals surface area contributed by atoms with Gasteiger partial charge in [0.25, 0.3) is 0 Å². The van der Waals surface area contributed by atoms with Gasteiger partial charge in [-0.3, -0.25) is 4.79 Å². The Morgan fingerprint density at radius 3 is 2.27 bits per heavy atom. The summed E-state index contributed by atoms with van der Waals surface area (Å²) < 4.78 is 5.44. The zero-order chi connectivity index (χ0) is 16.6. The zero-order valence-electron chi connectivity index (χ0n) is 14.1. The van der Waals surface area contributed by atoms with Gasteiger partial charge >= 0.3 is 6.09 Å². The van der Waals surface area contributed by atoms with Crippen molar-refractivity contribution in [1.82, 2.24) is 4.90 Å². The van der Waals surface area contributed by atoms with Gasteiger partial charge in [-0.15, -0.1) is 0 Å². The van der Waals surface area contributed by atoms with E-state index in [4.69, 9.17) is 4.74 Å². The molecule has 0 saturated carbocycles. The Bertz CT molecular complexity index is 477. The average Bonchev–Trinajstić information content (AvgIpc) is 2.43. The molecule has 0 fully saturated rings. The predicted molar refractivity (Wildman–Crippen MR) is 87.6 cm³/mol. The lowest BCUT2D eigenvalue weighted by Crippen LogP contribution is -2.37. The molecule has 0 aliphatic rings. The summed E-state index contributed by atoms with van der Waals surface area (Å²) in [6, 6.07) is 9.73. The van der Waals surface area contributed by atoms with Gasteiger partial charge in [0, 0.05) is 25.9 Å². The van der Waals surface area contributed by atoms with E-state index in [0.717, 1.165) is 12.0 Å². The highest BCUT2D eigenvalue weighted by atomic mass is 16.6. The number of nitrogens with zero attached hydrogens (tertiary/aromatic N) is 1. The molecule has 1 aromatic rings. The maximum Gasteiger partial charge on any atom is 0.410 e. The molecule has 0 unspecified atom stereocenters. The highest BCUT2D eigenvalue weighted by molar-refractivity contribution is 5.79. The summed E-state index contributed by atoms with van der Waals surface area (Å²) in [5, 5.41) is 0. The summed E-state index contributed by atoms with van der Waals surface area (Å²) in [7, 11) is 0. The number of carbonyl (C=O) groups excluding carboxylic acids is 2. The fourth-order valence-electron chi connectivity index (χ4n) is 2.03. The van der Waals surface area contributed by atoms with Crippen LogP contribution in [0.5, 0.6) is 0 Å². The van der Waals surface area contributed by atoms with Crippen LogP contribution in [0.2, 0.25) is 0 Å². The summed E-state index contributed by atoms with van der Waals surface area (Å²) in [5.41, 5.74) is 0.482. The lowest BCUT2D eigenvalue weighted by atomic mass is 10.1. The summed E-state index contributed by atoms with van der Waals surface area (Å²) in [5.74, 6) is 0.184. The fourth-order valence-corrected chi connectivity index (χ4v) is 2.03. The van der Waals surface area contributed by atoms with Crippen LogP contribution in [0, 0.1) is 0 Å². The molecule has 122 valence electrons. The van der Waals surface area contributed by atoms with Crippen LogP contribution in [-0.2, 0) is 16.1 Å². The molecule has 0 aliphatic carbocycles. The van der Waals surface area contributed by atoms with Crippen molar-refractivity contribution in [3.8, 4) is 0 Å². The van der Waals surface area contributed by atoms with E-state index in [1.165, 1.54) is 0 Å². The van der Waals surface area contributed by atoms with Gasteiger partial charge in [-0.1, -0.05) is 37.3 Å². The Kier molecular flexibility index (Phi) is 7.09. The van der Waals surface area contributed by atoms with Gasteiger partial charge in [-0.05, 0) is 32.8 Å². The van der Waals surface area contributed by atoms with Crippen LogP contribution in [0.4, 0.5) is 4.79 Å². The molecule has 0 N–H and O–H groups in total. The molecule has 1 rings (SSSR count). The van der Waals surface area contributed by atoms with E-state index in [9.17, 15) is 9.59 Å². The molecule has 1 aromatic carbocycles. The number of carbonyl (C=O) groups is 2. The molecular weight excluding hydrogens is 278 g/mol. The first-order chi connectivity index (χ1) is 10.3. The van der Waals surface area contributed by atoms with Crippen molar-refractivity contribution < 1.29 is 14.3 Å². The van der Waals surface area contributed by atoms with E-state index in [-0.39, 0.29) is 11.9 Å². The SMILES string of the molecule is CCCC(=O)CCN(Cc1ccccc1)C(=O)OC(C)(C)C. The largest absolute Gasteiger partial charge is 0.444 e. The number of benzene rings is 1. The normalized spacial score (nSPS) is 11.1. The molecular formula is C18H27NO3. The Balaban J connectivity index is 2.71. The van der Waals surface area contributed by atoms with Gasteiger partial charge in [0.15, 0.2) is 0 Å². The first kappa shape index (κ1) is 18.2. The molecule has 0 heterocycles. The monoisotopic (exact) mass is 305 g/mol. The topological polar surface area (TPSA) is 46.6 Å². The van der Waals surface area contributed by atoms with Crippen molar-refractivity contribution in [2.75, 3.05) is 6.54 Å². The second-order valence-corrected chi connectivity index (χ2v) is 6.43. The van der Waals surface area contributed by atoms with Crippen LogP contribution < -0.4 is 0 Å². The van der Waals surface area contributed by atoms with Crippen molar-refractivity contribution in [3.63, 3.8) is 0 Å². The highest BCUT2D eigenvalue weighted by Crippen LogP contribution is 2.13. The minimum atomic E-state index is -0.542. The second kappa shape index (κ2) is 8.57. The lowest BCUT2D eigenvalue weighted by molar-refractivity contribution is -0.119. The number of hydrogen-bond acceptors (Lipinski definition) is 3. The predicted octanol–water partition coefficient (Wildman–Crippen LogP) is 4.18. The van der Waals surface area contributed by atoms with Crippen molar-refractivity contribution in [2.24, 2.45) is 0 Å². The third kappa shape index (κ3) is 7.25. The van der Waals surface area contributed by atoms with Gasteiger partial charge < -0.3 is 9.64 Å². The molecule has 0 aromatic heterocycles. The highest BCUT2D eigenvalue weighted by Gasteiger charge is 2.22. The third-order valence-electron chi connectivity index (χ3n) is 3.06. The van der Waals surface area contributed by atoms with E-state index in [0.29, 0.717) is 25.9 Å². The quantitative estimate of drug-likeness (QED) is 0.759. The fraction of sp³-hybridized carbons (Fsp3) is 0.556. The van der Waals surface area contributed by atoms with Crippen LogP contribution >= 0.6 is 0 Å². The number of hydrogen-bond donors (Lipinski definition) is 0. The Hall–Kier alpha value is -1.84. The molecule has 0 spiro atoms. The van der Waals surface area contributed by atoms with Gasteiger partial charge in [-0.2, -0.15) is 0 Å². The van der Waals surface area contributed by atoms with Crippen LogP contribution in [0.3, 0.4) is 0 Å². The van der Waals surface area contributed by atoms with Crippen LogP contribution in [0.15, 0.2) is 30.3 Å². The second-order valence-electron chi connectivity index (χ2n) is 6.43. The number of rotatable bonds is 7. The Morgan fingerprint density at radius 2 is 1.73 bits per heavy atom. The van der Waals surface area contributed by atoms with Crippen molar-refractivity contribution >= 4 is 11.9 Å². The third-order valence-corrected chi connectivity index (χ3v) is 3.06. The lowest BCUT2D eigenvalue weighted by Gasteiger charge is -2.27. The summed E-state index contributed by atoms with van der Waals surface area (Å²) in [4.78, 5) is 25.7. The Labute approximate surface area is 133 Å². The molecule has 4 nitrogen and oxygen atoms in total. The molecule has 4 heteroatoms. The zero-order valence-corrected chi connectivity index (χ0v) is 14.1. The molecule has 22 heavy (non-hydrogen) atoms. The van der Waals surface area contributed by atoms with Gasteiger partial charge in [0.1, 0.15) is 11.4 Å². The van der Waals surface area contributed by atoms with E-state index in [1.54, 1.807) is 4.90 Å². The van der Waals surface area contributed by atoms with E-state index >= 15 is 0 Å². The van der Waals surface area contributed by atoms with Crippen LogP contribution in [0.25, 0.3) is 0 Å². The van der Waals surface area contributed by atoms with Crippen molar-refractivity contribution in [3.05, 3.63) is 35.9 Å². The maximum atomic E-state index is 12.3. The van der Waals surface area contributed by atoms with Gasteiger partial charge in [-0.25, -0.2) is 4.79 Å². The van der Waals surface area contributed by atoms with Crippen LogP contribution in [0.1, 0.15) is 52.5 Å². The van der Waals surface area contributed by atoms with Crippen LogP contribution in [-0.4, -0.2) is 28.9 Å². The van der Waals surface area contributed by atoms with Gasteiger partial charge in [0.05, 0.1) is 0 Å². The number of Topliss-reactive ketones (excluding diaryl/α,β-unsaturated/α-hetero) is 1. The summed E-state index contributed by atoms with van der Waals surface area (Å²) >= 11 is 0. The molecule has 0 bridgehead atoms. The number of ketones is 1. The molecule has 0 aliphatic heterocycles. The first-order valence-corrected chi connectivity index (χ1v) is 7.85. The molecule has 0 saturated heterocycles. The molecule has 0 atom stereocenters. The summed E-state index contributed by atoms with van der Waals surface area (Å²) in [6.45, 7) is 8.35. The first-order valence-electron chi connectivity index (χ1n) is 7.85. The van der Waals surface area contributed by atoms with E-state index in [1.807, 2.05) is 58.0 Å². The minimum Gasteiger partial charge on any atom is -0.444 e. The maximum absolute atomic E-state index is 12.3. The molecule has 1 amide bonds. The van der Waals surface area contributed by atoms with Gasteiger partial charge in [0.2, 0.25) is 0 Å². The standard InChI is InChI=1S/C18H27NO3/c1-5-9-16(20)12-13-19(17(21)22-18(2,3)4)14-15-10-7-6-8-11-15/h6-8,10-11H,5,9,12-14H2,1-4H3. The van der Waals surface area contributed by atoms with E-state index < -0.39 is 5.60 Å². The minimum absolute atomic E-state index is 0.184.